The fourth-order valence-corrected chi connectivity index (χ4v) is 2.48. The number of rotatable bonds is 4. The Morgan fingerprint density at radius 1 is 1.21 bits per heavy atom. The van der Waals surface area contributed by atoms with Crippen molar-refractivity contribution in [1.29, 1.82) is 0 Å². The van der Waals surface area contributed by atoms with Gasteiger partial charge in [0.15, 0.2) is 11.2 Å². The maximum Gasteiger partial charge on any atom is 0.333 e. The van der Waals surface area contributed by atoms with Crippen LogP contribution >= 0.6 is 11.6 Å². The molecule has 1 atom stereocenters. The number of carbonyl (C=O) groups is 2. The molecule has 7 nitrogen and oxygen atoms in total. The van der Waals surface area contributed by atoms with E-state index < -0.39 is 17.4 Å². The molecule has 1 unspecified atom stereocenters. The first kappa shape index (κ1) is 15.9. The van der Waals surface area contributed by atoms with Crippen LogP contribution in [0, 0.1) is 0 Å². The summed E-state index contributed by atoms with van der Waals surface area (Å²) in [6, 6.07) is 7.88. The van der Waals surface area contributed by atoms with Gasteiger partial charge in [-0.1, -0.05) is 23.7 Å². The number of hydrogen-bond donors (Lipinski definition) is 2. The summed E-state index contributed by atoms with van der Waals surface area (Å²) in [5.41, 5.74) is -0.653. The Morgan fingerprint density at radius 3 is 2.58 bits per heavy atom. The topological polar surface area (TPSA) is 96.6 Å². The summed E-state index contributed by atoms with van der Waals surface area (Å²) >= 11 is 5.84. The number of halogens is 1. The molecule has 1 aromatic carbocycles. The summed E-state index contributed by atoms with van der Waals surface area (Å²) in [7, 11) is 0. The Bertz CT molecular complexity index is 922. The standard InChI is InChI=1S/C16H13ClN4O3/c1-16(15(23)24,10-2-4-11(17)5-3-10)20-14(22)13-12-6-7-19-21(12)9-8-18-13/h2-9H,1H3,(H,20,22)(H,23,24). The number of nitrogens with one attached hydrogen (secondary N) is 1. The van der Waals surface area contributed by atoms with Crippen molar-refractivity contribution >= 4 is 29.0 Å². The molecule has 0 aliphatic carbocycles. The highest BCUT2D eigenvalue weighted by Gasteiger charge is 2.37. The second-order valence-corrected chi connectivity index (χ2v) is 5.76. The normalized spacial score (nSPS) is 13.4. The zero-order valence-electron chi connectivity index (χ0n) is 12.6. The number of carboxylic acid groups (broad SMARTS) is 1. The van der Waals surface area contributed by atoms with Crippen molar-refractivity contribution in [2.45, 2.75) is 12.5 Å². The Morgan fingerprint density at radius 2 is 1.92 bits per heavy atom. The minimum absolute atomic E-state index is 0.0939. The van der Waals surface area contributed by atoms with E-state index in [1.807, 2.05) is 0 Å². The molecule has 0 fully saturated rings. The second kappa shape index (κ2) is 5.93. The van der Waals surface area contributed by atoms with Crippen molar-refractivity contribution in [2.75, 3.05) is 0 Å². The molecule has 122 valence electrons. The highest BCUT2D eigenvalue weighted by molar-refractivity contribution is 6.30. The molecule has 0 saturated heterocycles. The van der Waals surface area contributed by atoms with Crippen molar-refractivity contribution in [3.63, 3.8) is 0 Å². The number of benzene rings is 1. The van der Waals surface area contributed by atoms with Crippen molar-refractivity contribution in [3.05, 3.63) is 65.2 Å². The van der Waals surface area contributed by atoms with Crippen LogP contribution in [-0.4, -0.2) is 31.6 Å². The van der Waals surface area contributed by atoms with Crippen LogP contribution in [-0.2, 0) is 10.3 Å². The van der Waals surface area contributed by atoms with E-state index in [-0.39, 0.29) is 5.69 Å². The van der Waals surface area contributed by atoms with Crippen LogP contribution in [0.4, 0.5) is 0 Å². The third-order valence-electron chi connectivity index (χ3n) is 3.75. The average Bonchev–Trinajstić information content (AvgIpc) is 3.03. The van der Waals surface area contributed by atoms with E-state index in [9.17, 15) is 14.7 Å². The van der Waals surface area contributed by atoms with Gasteiger partial charge in [0.2, 0.25) is 0 Å². The second-order valence-electron chi connectivity index (χ2n) is 5.33. The molecule has 3 rings (SSSR count). The lowest BCUT2D eigenvalue weighted by Crippen LogP contribution is -2.49. The Kier molecular flexibility index (Phi) is 3.94. The maximum absolute atomic E-state index is 12.6. The Labute approximate surface area is 141 Å². The number of nitrogens with zero attached hydrogens (tertiary/aromatic N) is 3. The monoisotopic (exact) mass is 344 g/mol. The van der Waals surface area contributed by atoms with Crippen LogP contribution in [0.3, 0.4) is 0 Å². The molecule has 0 bridgehead atoms. The largest absolute Gasteiger partial charge is 0.479 e. The molecule has 3 aromatic rings. The van der Waals surface area contributed by atoms with E-state index >= 15 is 0 Å². The molecule has 24 heavy (non-hydrogen) atoms. The predicted molar refractivity (Wildman–Crippen MR) is 86.9 cm³/mol. The summed E-state index contributed by atoms with van der Waals surface area (Å²) in [6.07, 6.45) is 4.56. The average molecular weight is 345 g/mol. The van der Waals surface area contributed by atoms with Gasteiger partial charge in [-0.3, -0.25) is 4.79 Å². The summed E-state index contributed by atoms with van der Waals surface area (Å²) < 4.78 is 1.49. The summed E-state index contributed by atoms with van der Waals surface area (Å²) in [4.78, 5) is 28.5. The summed E-state index contributed by atoms with van der Waals surface area (Å²) in [5, 5.41) is 16.7. The van der Waals surface area contributed by atoms with Crippen LogP contribution in [0.1, 0.15) is 23.0 Å². The Balaban J connectivity index is 1.99. The van der Waals surface area contributed by atoms with E-state index in [1.54, 1.807) is 36.5 Å². The molecule has 0 aliphatic rings. The summed E-state index contributed by atoms with van der Waals surface area (Å²) in [6.45, 7) is 1.41. The lowest BCUT2D eigenvalue weighted by Gasteiger charge is -2.26. The summed E-state index contributed by atoms with van der Waals surface area (Å²) in [5.74, 6) is -1.81. The van der Waals surface area contributed by atoms with Gasteiger partial charge >= 0.3 is 5.97 Å². The van der Waals surface area contributed by atoms with E-state index in [4.69, 9.17) is 11.6 Å². The third kappa shape index (κ3) is 2.69. The number of carboxylic acids is 1. The van der Waals surface area contributed by atoms with Gasteiger partial charge in [0.1, 0.15) is 0 Å². The first-order valence-electron chi connectivity index (χ1n) is 7.02. The predicted octanol–water partition coefficient (Wildman–Crippen LogP) is 2.11. The van der Waals surface area contributed by atoms with Crippen molar-refractivity contribution in [3.8, 4) is 0 Å². The minimum Gasteiger partial charge on any atom is -0.479 e. The number of aliphatic carboxylic acids is 1. The first-order valence-corrected chi connectivity index (χ1v) is 7.40. The lowest BCUT2D eigenvalue weighted by atomic mass is 9.92. The number of aromatic nitrogens is 3. The number of amides is 1. The maximum atomic E-state index is 12.6. The number of carbonyl (C=O) groups excluding carboxylic acids is 1. The fraction of sp³-hybridized carbons (Fsp3) is 0.125. The van der Waals surface area contributed by atoms with Crippen LogP contribution in [0.15, 0.2) is 48.9 Å². The zero-order valence-corrected chi connectivity index (χ0v) is 13.4. The smallest absolute Gasteiger partial charge is 0.333 e. The zero-order chi connectivity index (χ0) is 17.3. The van der Waals surface area contributed by atoms with Crippen LogP contribution < -0.4 is 5.32 Å². The lowest BCUT2D eigenvalue weighted by molar-refractivity contribution is -0.144. The molecule has 0 saturated carbocycles. The molecule has 2 aromatic heterocycles. The van der Waals surface area contributed by atoms with Crippen molar-refractivity contribution in [2.24, 2.45) is 0 Å². The van der Waals surface area contributed by atoms with E-state index in [2.05, 4.69) is 15.4 Å². The molecule has 2 heterocycles. The molecule has 0 radical (unpaired) electrons. The van der Waals surface area contributed by atoms with Crippen LogP contribution in [0.2, 0.25) is 5.02 Å². The molecule has 2 N–H and O–H groups in total. The SMILES string of the molecule is CC(NC(=O)c1nccn2nccc12)(C(=O)O)c1ccc(Cl)cc1. The number of hydrogen-bond acceptors (Lipinski definition) is 4. The molecular formula is C16H13ClN4O3. The van der Waals surface area contributed by atoms with Gasteiger partial charge in [0.05, 0.1) is 11.7 Å². The van der Waals surface area contributed by atoms with E-state index in [0.29, 0.717) is 16.1 Å². The Hall–Kier alpha value is -2.93. The van der Waals surface area contributed by atoms with Crippen LogP contribution in [0.5, 0.6) is 0 Å². The quantitative estimate of drug-likeness (QED) is 0.755. The highest BCUT2D eigenvalue weighted by Crippen LogP contribution is 2.24. The first-order chi connectivity index (χ1) is 11.4. The minimum atomic E-state index is -1.63. The third-order valence-corrected chi connectivity index (χ3v) is 4.00. The van der Waals surface area contributed by atoms with Gasteiger partial charge < -0.3 is 10.4 Å². The molecule has 0 spiro atoms. The van der Waals surface area contributed by atoms with Crippen LogP contribution in [0.25, 0.3) is 5.52 Å². The highest BCUT2D eigenvalue weighted by atomic mass is 35.5. The van der Waals surface area contributed by atoms with Gasteiger partial charge in [-0.25, -0.2) is 14.3 Å². The van der Waals surface area contributed by atoms with Crippen molar-refractivity contribution < 1.29 is 14.7 Å². The van der Waals surface area contributed by atoms with Gasteiger partial charge in [-0.15, -0.1) is 0 Å². The fourth-order valence-electron chi connectivity index (χ4n) is 2.35. The van der Waals surface area contributed by atoms with Gasteiger partial charge in [0.25, 0.3) is 5.91 Å². The van der Waals surface area contributed by atoms with E-state index in [0.717, 1.165) is 0 Å². The van der Waals surface area contributed by atoms with Crippen molar-refractivity contribution in [1.82, 2.24) is 19.9 Å². The van der Waals surface area contributed by atoms with E-state index in [1.165, 1.54) is 23.8 Å². The van der Waals surface area contributed by atoms with Gasteiger partial charge in [0, 0.05) is 17.4 Å². The molecule has 0 aliphatic heterocycles. The molecule has 8 heteroatoms. The molecular weight excluding hydrogens is 332 g/mol. The molecule has 1 amide bonds. The van der Waals surface area contributed by atoms with Gasteiger partial charge in [-0.05, 0) is 30.7 Å². The van der Waals surface area contributed by atoms with Gasteiger partial charge in [-0.2, -0.15) is 5.10 Å². The number of fused-ring (bicyclic) bond motifs is 1.